The molecule has 2 rings (SSSR count). The number of rotatable bonds is 0. The van der Waals surface area contributed by atoms with Crippen LogP contribution in [-0.4, -0.2) is 14.2 Å². The second-order valence-electron chi connectivity index (χ2n) is 3.27. The van der Waals surface area contributed by atoms with E-state index in [0.717, 1.165) is 5.56 Å². The Balaban J connectivity index is 2.74. The highest BCUT2D eigenvalue weighted by Crippen LogP contribution is 2.48. The normalized spacial score (nSPS) is 22.7. The van der Waals surface area contributed by atoms with E-state index in [1.54, 1.807) is 12.1 Å². The smallest absolute Gasteiger partial charge is 0.178 e. The third-order valence-electron chi connectivity index (χ3n) is 2.30. The number of hydrogen-bond donors (Lipinski definition) is 0. The third kappa shape index (κ3) is 1.82. The molecule has 1 aromatic carbocycles. The van der Waals surface area contributed by atoms with Gasteiger partial charge in [-0.1, -0.05) is 63.4 Å². The average Bonchev–Trinajstić information content (AvgIpc) is 2.14. The molecule has 0 spiro atoms. The zero-order chi connectivity index (χ0) is 10.4. The minimum absolute atomic E-state index is 0.0720. The van der Waals surface area contributed by atoms with Gasteiger partial charge in [-0.25, -0.2) is 8.42 Å². The molecule has 5 heteroatoms. The molecule has 0 saturated heterocycles. The molecule has 14 heavy (non-hydrogen) atoms. The lowest BCUT2D eigenvalue weighted by molar-refractivity contribution is 0.585. The van der Waals surface area contributed by atoms with Crippen LogP contribution in [0, 0.1) is 0 Å². The van der Waals surface area contributed by atoms with Crippen LogP contribution in [0.4, 0.5) is 0 Å². The molecule has 2 nitrogen and oxygen atoms in total. The standard InChI is InChI=1S/C9H8I2O2S/c10-9(11)5-6-14(12,13)8-4-2-1-3-7(8)9/h1-4H,5-6H2. The van der Waals surface area contributed by atoms with Crippen LogP contribution in [0.25, 0.3) is 0 Å². The van der Waals surface area contributed by atoms with Crippen LogP contribution in [0.15, 0.2) is 29.2 Å². The minimum Gasteiger partial charge on any atom is -0.224 e. The van der Waals surface area contributed by atoms with E-state index in [0.29, 0.717) is 11.3 Å². The van der Waals surface area contributed by atoms with Gasteiger partial charge in [0.15, 0.2) is 9.84 Å². The van der Waals surface area contributed by atoms with Crippen LogP contribution >= 0.6 is 45.2 Å². The molecular formula is C9H8I2O2S. The summed E-state index contributed by atoms with van der Waals surface area (Å²) in [6.45, 7) is 0. The van der Waals surface area contributed by atoms with E-state index in [9.17, 15) is 8.42 Å². The Bertz CT molecular complexity index is 465. The van der Waals surface area contributed by atoms with E-state index >= 15 is 0 Å². The van der Waals surface area contributed by atoms with Gasteiger partial charge in [0.1, 0.15) is 1.43 Å². The first-order valence-electron chi connectivity index (χ1n) is 4.14. The van der Waals surface area contributed by atoms with Crippen molar-refractivity contribution >= 4 is 55.0 Å². The van der Waals surface area contributed by atoms with E-state index in [1.807, 2.05) is 12.1 Å². The minimum atomic E-state index is -3.02. The van der Waals surface area contributed by atoms with E-state index in [-0.39, 0.29) is 7.18 Å². The molecule has 0 aromatic heterocycles. The molecule has 1 aromatic rings. The molecule has 0 radical (unpaired) electrons. The van der Waals surface area contributed by atoms with E-state index in [2.05, 4.69) is 45.2 Å². The van der Waals surface area contributed by atoms with Crippen LogP contribution in [-0.2, 0) is 11.3 Å². The van der Waals surface area contributed by atoms with Crippen LogP contribution in [0.2, 0.25) is 0 Å². The fraction of sp³-hybridized carbons (Fsp3) is 0.333. The van der Waals surface area contributed by atoms with E-state index < -0.39 is 9.84 Å². The summed E-state index contributed by atoms with van der Waals surface area (Å²) in [6.07, 6.45) is 0.688. The van der Waals surface area contributed by atoms with Gasteiger partial charge in [0.05, 0.1) is 10.6 Å². The predicted molar refractivity (Wildman–Crippen MR) is 72.8 cm³/mol. The van der Waals surface area contributed by atoms with E-state index in [1.165, 1.54) is 0 Å². The number of halogens is 2. The maximum Gasteiger partial charge on any atom is 0.178 e. The highest BCUT2D eigenvalue weighted by atomic mass is 127. The fourth-order valence-electron chi connectivity index (χ4n) is 1.55. The van der Waals surface area contributed by atoms with Crippen molar-refractivity contribution in [3.05, 3.63) is 29.8 Å². The Morgan fingerprint density at radius 3 is 2.50 bits per heavy atom. The molecule has 0 aliphatic carbocycles. The van der Waals surface area contributed by atoms with Crippen molar-refractivity contribution in [2.75, 3.05) is 5.75 Å². The maximum absolute atomic E-state index is 11.8. The molecule has 0 atom stereocenters. The number of hydrogen-bond acceptors (Lipinski definition) is 2. The first kappa shape index (κ1) is 11.1. The zero-order valence-electron chi connectivity index (χ0n) is 7.20. The van der Waals surface area contributed by atoms with Gasteiger partial charge in [-0.2, -0.15) is 0 Å². The Morgan fingerprint density at radius 2 is 1.86 bits per heavy atom. The van der Waals surface area contributed by atoms with Gasteiger partial charge in [-0.05, 0) is 18.1 Å². The summed E-state index contributed by atoms with van der Waals surface area (Å²) in [5, 5.41) is 0. The molecule has 1 aliphatic heterocycles. The highest BCUT2D eigenvalue weighted by Gasteiger charge is 2.37. The van der Waals surface area contributed by atoms with Gasteiger partial charge in [0.2, 0.25) is 0 Å². The second-order valence-corrected chi connectivity index (χ2v) is 11.1. The quantitative estimate of drug-likeness (QED) is 0.465. The Labute approximate surface area is 111 Å². The Kier molecular flexibility index (Phi) is 2.85. The van der Waals surface area contributed by atoms with Gasteiger partial charge in [-0.3, -0.25) is 0 Å². The summed E-state index contributed by atoms with van der Waals surface area (Å²) in [7, 11) is -3.02. The van der Waals surface area contributed by atoms with E-state index in [4.69, 9.17) is 0 Å². The van der Waals surface area contributed by atoms with Gasteiger partial charge in [0.25, 0.3) is 0 Å². The van der Waals surface area contributed by atoms with Crippen molar-refractivity contribution in [2.45, 2.75) is 12.7 Å². The second kappa shape index (κ2) is 3.58. The first-order chi connectivity index (χ1) is 6.43. The first-order valence-corrected chi connectivity index (χ1v) is 7.94. The Morgan fingerprint density at radius 1 is 1.21 bits per heavy atom. The summed E-state index contributed by atoms with van der Waals surface area (Å²) >= 11 is 4.64. The molecule has 0 unspecified atom stereocenters. The summed E-state index contributed by atoms with van der Waals surface area (Å²) in [5.74, 6) is 0.260. The fourth-order valence-corrected chi connectivity index (χ4v) is 5.78. The SMILES string of the molecule is O=S1(=O)CCC(I)(I)c2ccccc21. The lowest BCUT2D eigenvalue weighted by Gasteiger charge is -2.28. The van der Waals surface area contributed by atoms with Gasteiger partial charge in [0, 0.05) is 0 Å². The monoisotopic (exact) mass is 434 g/mol. The zero-order valence-corrected chi connectivity index (χ0v) is 12.3. The highest BCUT2D eigenvalue weighted by molar-refractivity contribution is 14.2. The summed E-state index contributed by atoms with van der Waals surface area (Å²) in [6, 6.07) is 7.29. The van der Waals surface area contributed by atoms with Crippen molar-refractivity contribution < 1.29 is 8.42 Å². The van der Waals surface area contributed by atoms with Gasteiger partial charge in [-0.15, -0.1) is 0 Å². The molecule has 0 N–H and O–H groups in total. The van der Waals surface area contributed by atoms with Crippen LogP contribution in [0.1, 0.15) is 12.0 Å². The van der Waals surface area contributed by atoms with Crippen molar-refractivity contribution in [1.82, 2.24) is 0 Å². The lowest BCUT2D eigenvalue weighted by Crippen LogP contribution is -2.25. The van der Waals surface area contributed by atoms with Crippen LogP contribution in [0.5, 0.6) is 0 Å². The van der Waals surface area contributed by atoms with Crippen molar-refractivity contribution in [1.29, 1.82) is 0 Å². The van der Waals surface area contributed by atoms with Gasteiger partial charge < -0.3 is 0 Å². The Hall–Kier alpha value is 0.630. The summed E-state index contributed by atoms with van der Waals surface area (Å²) in [4.78, 5) is 0.509. The number of sulfone groups is 1. The van der Waals surface area contributed by atoms with Crippen LogP contribution in [0.3, 0.4) is 0 Å². The van der Waals surface area contributed by atoms with Crippen molar-refractivity contribution in [3.8, 4) is 0 Å². The number of alkyl halides is 2. The van der Waals surface area contributed by atoms with Crippen LogP contribution < -0.4 is 0 Å². The molecule has 0 saturated carbocycles. The molecule has 0 amide bonds. The largest absolute Gasteiger partial charge is 0.224 e. The molecular weight excluding hydrogens is 426 g/mol. The molecule has 76 valence electrons. The average molecular weight is 434 g/mol. The number of fused-ring (bicyclic) bond motifs is 1. The van der Waals surface area contributed by atoms with Gasteiger partial charge >= 0.3 is 0 Å². The van der Waals surface area contributed by atoms with Crippen molar-refractivity contribution in [3.63, 3.8) is 0 Å². The molecule has 1 aliphatic rings. The summed E-state index contributed by atoms with van der Waals surface area (Å²) < 4.78 is 23.4. The third-order valence-corrected chi connectivity index (χ3v) is 6.31. The maximum atomic E-state index is 11.8. The predicted octanol–water partition coefficient (Wildman–Crippen LogP) is 2.89. The lowest BCUT2D eigenvalue weighted by atomic mass is 10.1. The topological polar surface area (TPSA) is 34.1 Å². The number of benzene rings is 1. The summed E-state index contributed by atoms with van der Waals surface area (Å²) in [5.41, 5.74) is 0.937. The van der Waals surface area contributed by atoms with Crippen molar-refractivity contribution in [2.24, 2.45) is 0 Å². The molecule has 0 bridgehead atoms. The molecule has 1 heterocycles. The molecule has 0 fully saturated rings.